The first-order valence-electron chi connectivity index (χ1n) is 15.7. The lowest BCUT2D eigenvalue weighted by molar-refractivity contribution is 0.113. The lowest BCUT2D eigenvalue weighted by Crippen LogP contribution is -2.29. The number of hydrogen-bond donors (Lipinski definition) is 2. The molecule has 0 bridgehead atoms. The average Bonchev–Trinajstić information content (AvgIpc) is 2.84. The van der Waals surface area contributed by atoms with Gasteiger partial charge in [0.05, 0.1) is 12.2 Å². The quantitative estimate of drug-likeness (QED) is 0.192. The standard InChI is InChI=1S/C40H58O2/c1-29(17-13-19-31(3)21-23-37-33(5)25-35(41)27-39(37,7)8)15-11-12-16-30(2)18-14-20-32(4)22-24-38-34(6)26-36(42)28-40(38,9)10/h11-21,23,35-36,41-42H,22,24-28H2,1-10H3/b12-11+,17-13+,18-14+,23-21+,29-15+,30-16+,31-19-,32-20+/t35-,36-/m0/s1. The molecule has 0 heterocycles. The van der Waals surface area contributed by atoms with Gasteiger partial charge in [0.25, 0.3) is 0 Å². The normalized spacial score (nSPS) is 24.9. The molecule has 0 fully saturated rings. The predicted octanol–water partition coefficient (Wildman–Crippen LogP) is 10.8. The van der Waals surface area contributed by atoms with Crippen molar-refractivity contribution in [2.45, 2.75) is 120 Å². The van der Waals surface area contributed by atoms with Crippen molar-refractivity contribution in [3.05, 3.63) is 117 Å². The molecule has 0 unspecified atom stereocenters. The number of aliphatic hydroxyl groups excluding tert-OH is 2. The maximum absolute atomic E-state index is 10.1. The Morgan fingerprint density at radius 1 is 0.667 bits per heavy atom. The van der Waals surface area contributed by atoms with E-state index in [0.29, 0.717) is 0 Å². The average molecular weight is 571 g/mol. The SMILES string of the molecule is CC1=C(/C=C/C(C)=C\C=C\C(C)=C\C=C\C=C(C)\C=C\C=C(/C)CCC2=C(C)C[C@H](O)CC2(C)C)C(C)(C)C[C@@H](O)C1. The smallest absolute Gasteiger partial charge is 0.0585 e. The molecule has 42 heavy (non-hydrogen) atoms. The molecule has 2 heteroatoms. The van der Waals surface area contributed by atoms with Crippen LogP contribution in [0.5, 0.6) is 0 Å². The predicted molar refractivity (Wildman–Crippen MR) is 184 cm³/mol. The Bertz CT molecular complexity index is 1240. The van der Waals surface area contributed by atoms with Crippen LogP contribution < -0.4 is 0 Å². The van der Waals surface area contributed by atoms with Crippen molar-refractivity contribution < 1.29 is 10.2 Å². The van der Waals surface area contributed by atoms with Gasteiger partial charge in [-0.25, -0.2) is 0 Å². The fourth-order valence-electron chi connectivity index (χ4n) is 6.49. The zero-order valence-corrected chi connectivity index (χ0v) is 28.2. The highest BCUT2D eigenvalue weighted by atomic mass is 16.3. The molecule has 230 valence electrons. The molecule has 0 aromatic carbocycles. The van der Waals surface area contributed by atoms with Crippen molar-refractivity contribution in [3.8, 4) is 0 Å². The molecule has 0 radical (unpaired) electrons. The second-order valence-corrected chi connectivity index (χ2v) is 14.0. The van der Waals surface area contributed by atoms with Crippen LogP contribution in [0.25, 0.3) is 0 Å². The van der Waals surface area contributed by atoms with Gasteiger partial charge in [-0.05, 0) is 96.5 Å². The third kappa shape index (κ3) is 11.9. The monoisotopic (exact) mass is 570 g/mol. The first-order valence-corrected chi connectivity index (χ1v) is 15.7. The van der Waals surface area contributed by atoms with Crippen LogP contribution in [0.15, 0.2) is 117 Å². The van der Waals surface area contributed by atoms with Crippen LogP contribution in [-0.4, -0.2) is 22.4 Å². The molecule has 2 rings (SSSR count). The molecular formula is C40H58O2. The molecule has 0 aliphatic heterocycles. The van der Waals surface area contributed by atoms with Crippen molar-refractivity contribution in [3.63, 3.8) is 0 Å². The molecular weight excluding hydrogens is 512 g/mol. The van der Waals surface area contributed by atoms with Crippen molar-refractivity contribution >= 4 is 0 Å². The Kier molecular flexibility index (Phi) is 13.7. The molecule has 0 aromatic heterocycles. The van der Waals surface area contributed by atoms with Gasteiger partial charge in [-0.3, -0.25) is 0 Å². The Labute approximate surface area is 258 Å². The highest BCUT2D eigenvalue weighted by Crippen LogP contribution is 2.43. The first kappa shape index (κ1) is 35.5. The van der Waals surface area contributed by atoms with Crippen LogP contribution in [0.2, 0.25) is 0 Å². The van der Waals surface area contributed by atoms with E-state index in [1.54, 1.807) is 0 Å². The van der Waals surface area contributed by atoms with Crippen LogP contribution in [0.1, 0.15) is 108 Å². The summed E-state index contributed by atoms with van der Waals surface area (Å²) < 4.78 is 0. The molecule has 2 aliphatic rings. The second-order valence-electron chi connectivity index (χ2n) is 14.0. The molecule has 2 atom stereocenters. The van der Waals surface area contributed by atoms with E-state index in [1.165, 1.54) is 44.6 Å². The molecule has 2 nitrogen and oxygen atoms in total. The van der Waals surface area contributed by atoms with E-state index in [4.69, 9.17) is 0 Å². The minimum atomic E-state index is -0.224. The molecule has 0 saturated carbocycles. The zero-order chi connectivity index (χ0) is 31.5. The van der Waals surface area contributed by atoms with Gasteiger partial charge in [-0.1, -0.05) is 140 Å². The Morgan fingerprint density at radius 3 is 1.69 bits per heavy atom. The van der Waals surface area contributed by atoms with Crippen LogP contribution in [0.3, 0.4) is 0 Å². The van der Waals surface area contributed by atoms with E-state index in [0.717, 1.165) is 38.5 Å². The highest BCUT2D eigenvalue weighted by Gasteiger charge is 2.32. The van der Waals surface area contributed by atoms with Gasteiger partial charge in [0.15, 0.2) is 0 Å². The van der Waals surface area contributed by atoms with Crippen LogP contribution in [-0.2, 0) is 0 Å². The van der Waals surface area contributed by atoms with Crippen LogP contribution in [0, 0.1) is 10.8 Å². The summed E-state index contributed by atoms with van der Waals surface area (Å²) in [6, 6.07) is 0. The maximum atomic E-state index is 10.1. The van der Waals surface area contributed by atoms with Gasteiger partial charge in [0, 0.05) is 0 Å². The third-order valence-electron chi connectivity index (χ3n) is 8.67. The first-order chi connectivity index (χ1) is 19.6. The summed E-state index contributed by atoms with van der Waals surface area (Å²) in [6.45, 7) is 21.9. The zero-order valence-electron chi connectivity index (χ0n) is 28.2. The molecule has 0 amide bonds. The van der Waals surface area contributed by atoms with Gasteiger partial charge in [0.2, 0.25) is 0 Å². The lowest BCUT2D eigenvalue weighted by atomic mass is 9.70. The number of hydrogen-bond acceptors (Lipinski definition) is 2. The summed E-state index contributed by atoms with van der Waals surface area (Å²) in [5.41, 5.74) is 10.6. The van der Waals surface area contributed by atoms with Gasteiger partial charge in [-0.15, -0.1) is 0 Å². The van der Waals surface area contributed by atoms with Crippen molar-refractivity contribution in [1.82, 2.24) is 0 Å². The summed E-state index contributed by atoms with van der Waals surface area (Å²) in [4.78, 5) is 0. The maximum Gasteiger partial charge on any atom is 0.0585 e. The van der Waals surface area contributed by atoms with Crippen LogP contribution >= 0.6 is 0 Å². The Balaban J connectivity index is 1.86. The minimum absolute atomic E-state index is 0.00810. The topological polar surface area (TPSA) is 40.5 Å². The van der Waals surface area contributed by atoms with Crippen LogP contribution in [0.4, 0.5) is 0 Å². The highest BCUT2D eigenvalue weighted by molar-refractivity contribution is 5.38. The van der Waals surface area contributed by atoms with E-state index >= 15 is 0 Å². The largest absolute Gasteiger partial charge is 0.393 e. The fraction of sp³-hybridized carbons (Fsp3) is 0.500. The summed E-state index contributed by atoms with van der Waals surface area (Å²) in [7, 11) is 0. The van der Waals surface area contributed by atoms with Gasteiger partial charge in [-0.2, -0.15) is 0 Å². The van der Waals surface area contributed by atoms with Crippen molar-refractivity contribution in [2.24, 2.45) is 10.8 Å². The Morgan fingerprint density at radius 2 is 1.14 bits per heavy atom. The second kappa shape index (κ2) is 16.2. The molecule has 0 saturated heterocycles. The van der Waals surface area contributed by atoms with Gasteiger partial charge < -0.3 is 10.2 Å². The van der Waals surface area contributed by atoms with E-state index in [-0.39, 0.29) is 23.0 Å². The van der Waals surface area contributed by atoms with E-state index in [9.17, 15) is 10.2 Å². The van der Waals surface area contributed by atoms with Crippen molar-refractivity contribution in [1.29, 1.82) is 0 Å². The Hall–Kier alpha value is -2.68. The molecule has 2 aliphatic carbocycles. The van der Waals surface area contributed by atoms with E-state index in [2.05, 4.69) is 142 Å². The van der Waals surface area contributed by atoms with E-state index < -0.39 is 0 Å². The summed E-state index contributed by atoms with van der Waals surface area (Å²) >= 11 is 0. The molecule has 2 N–H and O–H groups in total. The van der Waals surface area contributed by atoms with Crippen molar-refractivity contribution in [2.75, 3.05) is 0 Å². The van der Waals surface area contributed by atoms with Gasteiger partial charge >= 0.3 is 0 Å². The molecule has 0 aromatic rings. The summed E-state index contributed by atoms with van der Waals surface area (Å²) in [5, 5.41) is 20.2. The fourth-order valence-corrected chi connectivity index (χ4v) is 6.49. The van der Waals surface area contributed by atoms with Gasteiger partial charge in [0.1, 0.15) is 0 Å². The van der Waals surface area contributed by atoms with E-state index in [1.807, 2.05) is 0 Å². The molecule has 0 spiro atoms. The number of rotatable bonds is 11. The minimum Gasteiger partial charge on any atom is -0.393 e. The number of allylic oxidation sites excluding steroid dienone is 18. The number of aliphatic hydroxyl groups is 2. The lowest BCUT2D eigenvalue weighted by Gasteiger charge is -2.37. The third-order valence-corrected chi connectivity index (χ3v) is 8.67. The summed E-state index contributed by atoms with van der Waals surface area (Å²) in [6.07, 6.45) is 30.7. The summed E-state index contributed by atoms with van der Waals surface area (Å²) in [5.74, 6) is 0.